The van der Waals surface area contributed by atoms with Gasteiger partial charge < -0.3 is 39.4 Å². The minimum absolute atomic E-state index is 0. The molecule has 6 aromatic carbocycles. The third-order valence-corrected chi connectivity index (χ3v) is 19.4. The second kappa shape index (κ2) is 32.1. The molecule has 0 amide bonds. The number of carboxylic acids is 2. The predicted molar refractivity (Wildman–Crippen MR) is 352 cm³/mol. The van der Waals surface area contributed by atoms with E-state index in [0.717, 1.165) is 69.5 Å². The van der Waals surface area contributed by atoms with Crippen molar-refractivity contribution in [1.29, 1.82) is 0 Å². The maximum absolute atomic E-state index is 14.0. The Kier molecular flexibility index (Phi) is 25.9. The molecule has 91 heavy (non-hydrogen) atoms. The number of hydrogen-bond donors (Lipinski definition) is 4. The molecule has 0 bridgehead atoms. The van der Waals surface area contributed by atoms with Crippen molar-refractivity contribution in [3.63, 3.8) is 0 Å². The van der Waals surface area contributed by atoms with Gasteiger partial charge in [0.15, 0.2) is 11.6 Å². The van der Waals surface area contributed by atoms with Gasteiger partial charge in [-0.1, -0.05) is 56.0 Å². The molecule has 484 valence electrons. The van der Waals surface area contributed by atoms with Crippen molar-refractivity contribution in [1.82, 2.24) is 9.97 Å². The maximum Gasteiger partial charge on any atom is 0.369 e. The molecule has 4 N–H and O–H groups in total. The minimum Gasteiger partial charge on any atom is -0.508 e. The molecule has 2 aromatic heterocycles. The number of carbonyl (C=O) groups excluding carboxylic acids is 2. The van der Waals surface area contributed by atoms with Crippen molar-refractivity contribution in [3.8, 4) is 23.0 Å². The van der Waals surface area contributed by atoms with Crippen LogP contribution in [0.2, 0.25) is 0 Å². The number of fused-ring (bicyclic) bond motifs is 2. The fourth-order valence-corrected chi connectivity index (χ4v) is 14.0. The third-order valence-electron chi connectivity index (χ3n) is 12.4. The number of aromatic nitrogens is 2. The van der Waals surface area contributed by atoms with E-state index in [4.69, 9.17) is 18.9 Å². The fourth-order valence-electron chi connectivity index (χ4n) is 8.40. The van der Waals surface area contributed by atoms with Crippen LogP contribution >= 0.6 is 47.3 Å². The number of sulfonamides is 4. The molecular formula is C57H58BBr3N6O20S4. The van der Waals surface area contributed by atoms with Crippen LogP contribution in [0, 0.1) is 0 Å². The van der Waals surface area contributed by atoms with Gasteiger partial charge >= 0.3 is 27.1 Å². The number of pyridine rings is 2. The summed E-state index contributed by atoms with van der Waals surface area (Å²) in [5.74, 6) is -4.78. The minimum atomic E-state index is -4.56. The highest BCUT2D eigenvalue weighted by Crippen LogP contribution is 2.39. The Balaban J connectivity index is 0.000000311. The van der Waals surface area contributed by atoms with Gasteiger partial charge in [-0.05, 0) is 111 Å². The largest absolute Gasteiger partial charge is 0.508 e. The van der Waals surface area contributed by atoms with Crippen LogP contribution in [0.4, 0.5) is 23.0 Å². The van der Waals surface area contributed by atoms with Crippen molar-refractivity contribution in [2.75, 3.05) is 70.8 Å². The first-order valence-electron chi connectivity index (χ1n) is 25.9. The highest BCUT2D eigenvalue weighted by atomic mass is 79.9. The lowest BCUT2D eigenvalue weighted by Gasteiger charge is -2.27. The number of ether oxygens (including phenoxy) is 4. The van der Waals surface area contributed by atoms with Crippen molar-refractivity contribution in [2.24, 2.45) is 0 Å². The van der Waals surface area contributed by atoms with Crippen molar-refractivity contribution < 1.29 is 92.2 Å². The van der Waals surface area contributed by atoms with Crippen LogP contribution in [0.25, 0.3) is 21.5 Å². The van der Waals surface area contributed by atoms with Gasteiger partial charge in [-0.3, -0.25) is 27.8 Å². The van der Waals surface area contributed by atoms with Crippen LogP contribution in [-0.2, 0) is 68.7 Å². The molecule has 8 aromatic rings. The number of aliphatic carboxylic acids is 2. The Morgan fingerprint density at radius 2 is 0.703 bits per heavy atom. The number of aromatic hydroxyl groups is 2. The van der Waals surface area contributed by atoms with Gasteiger partial charge in [0.25, 0.3) is 40.1 Å². The van der Waals surface area contributed by atoms with E-state index < -0.39 is 90.1 Å². The van der Waals surface area contributed by atoms with E-state index in [0.29, 0.717) is 20.1 Å². The first kappa shape index (κ1) is 73.5. The molecule has 0 fully saturated rings. The van der Waals surface area contributed by atoms with Gasteiger partial charge in [0.2, 0.25) is 0 Å². The molecule has 0 aliphatic heterocycles. The molecule has 2 heterocycles. The predicted octanol–water partition coefficient (Wildman–Crippen LogP) is 8.77. The van der Waals surface area contributed by atoms with E-state index in [2.05, 4.69) is 57.2 Å². The number of phenols is 2. The van der Waals surface area contributed by atoms with Crippen LogP contribution in [0.5, 0.6) is 23.0 Å². The summed E-state index contributed by atoms with van der Waals surface area (Å²) in [5, 5.41) is 38.6. The van der Waals surface area contributed by atoms with Crippen LogP contribution in [0.1, 0.15) is 21.3 Å². The highest BCUT2D eigenvalue weighted by Gasteiger charge is 2.36. The fraction of sp³-hybridized carbons (Fsp3) is 0.193. The second-order valence-corrected chi connectivity index (χ2v) is 31.9. The number of carboxylic acid groups (broad SMARTS) is 2. The van der Waals surface area contributed by atoms with Crippen LogP contribution in [0.3, 0.4) is 0 Å². The van der Waals surface area contributed by atoms with Gasteiger partial charge in [-0.15, -0.1) is 47.3 Å². The third kappa shape index (κ3) is 18.0. The Bertz CT molecular complexity index is 4080. The molecule has 26 nitrogen and oxygen atoms in total. The number of phenolic OH excluding ortho intramolecular Hbond substituents is 2. The zero-order valence-corrected chi connectivity index (χ0v) is 55.6. The Hall–Kier alpha value is -8.28. The molecule has 0 saturated heterocycles. The van der Waals surface area contributed by atoms with Crippen molar-refractivity contribution in [3.05, 3.63) is 158 Å². The summed E-state index contributed by atoms with van der Waals surface area (Å²) in [6.45, 7) is -0.312. The molecule has 0 aliphatic carbocycles. The van der Waals surface area contributed by atoms with Gasteiger partial charge in [0.1, 0.15) is 49.2 Å². The van der Waals surface area contributed by atoms with E-state index in [1.165, 1.54) is 93.1 Å². The molecule has 0 aliphatic rings. The second-order valence-electron chi connectivity index (χ2n) is 18.1. The van der Waals surface area contributed by atoms with Crippen LogP contribution < -0.4 is 26.7 Å². The summed E-state index contributed by atoms with van der Waals surface area (Å²) < 4.78 is 134. The molecule has 0 unspecified atom stereocenters. The van der Waals surface area contributed by atoms with E-state index in [-0.39, 0.29) is 99.5 Å². The normalized spacial score (nSPS) is 11.2. The van der Waals surface area contributed by atoms with Crippen LogP contribution in [0.15, 0.2) is 178 Å². The molecular weight excluding hydrogens is 1470 g/mol. The Morgan fingerprint density at radius 3 is 1.01 bits per heavy atom. The number of rotatable bonds is 24. The molecule has 0 atom stereocenters. The number of benzene rings is 6. The first-order valence-corrected chi connectivity index (χ1v) is 34.4. The first-order chi connectivity index (χ1) is 42.5. The van der Waals surface area contributed by atoms with Crippen molar-refractivity contribution in [2.45, 2.75) is 40.9 Å². The number of hydrogen-bond acceptors (Lipinski definition) is 20. The van der Waals surface area contributed by atoms with Gasteiger partial charge in [-0.2, -0.15) is 0 Å². The number of anilines is 4. The SMILES string of the molecule is BrB(Br)Br.C.CCOC(=O)CN(c1cnc(N(CC(=O)OCC)S(=O)(=O)c2ccc(OC)cc2)c2ccccc12)S(=O)(=O)c1ccc(OC)cc1.O=C(O)CN(c1cnc(N(CC(=O)O)S(=O)(=O)c2ccc(O)cc2)c2ccccc12)S(=O)(=O)c1ccc(O)cc1. The monoisotopic (exact) mass is 1520 g/mol. The quantitative estimate of drug-likeness (QED) is 0.0324. The Labute approximate surface area is 549 Å². The number of halogens is 3. The molecule has 0 saturated carbocycles. The molecule has 34 heteroatoms. The highest BCUT2D eigenvalue weighted by molar-refractivity contribution is 9.69. The average molecular weight is 1530 g/mol. The summed E-state index contributed by atoms with van der Waals surface area (Å²) in [4.78, 5) is 56.4. The maximum atomic E-state index is 14.0. The summed E-state index contributed by atoms with van der Waals surface area (Å²) in [7, 11) is -15.0. The summed E-state index contributed by atoms with van der Waals surface area (Å²) in [6.07, 6.45) is 2.08. The smallest absolute Gasteiger partial charge is 0.369 e. The average Bonchev–Trinajstić information content (AvgIpc) is 0.801. The van der Waals surface area contributed by atoms with Gasteiger partial charge in [-0.25, -0.2) is 52.2 Å². The van der Waals surface area contributed by atoms with E-state index in [9.17, 15) is 73.3 Å². The zero-order valence-electron chi connectivity index (χ0n) is 47.6. The van der Waals surface area contributed by atoms with Crippen LogP contribution in [-0.4, -0.2) is 145 Å². The topological polar surface area (TPSA) is 361 Å². The lowest BCUT2D eigenvalue weighted by Crippen LogP contribution is -2.38. The van der Waals surface area contributed by atoms with Crippen molar-refractivity contribution >= 4 is 159 Å². The standard InChI is InChI=1S/C31H33N3O10S2.C25H21N3O10S2.CH4.BBr3/c1-5-43-29(35)20-33(45(37,38)24-15-11-22(41-3)12-16-24)28-19-32-31(27-10-8-7-9-26(27)28)34(21-30(36)44-6-2)46(39,40)25-17-13-23(42-4)14-18-25;29-16-5-9-18(10-6-16)39(35,36)27(14-23(31)32)22-13-26-25(21-4-2-1-3-20(21)22)28(15-24(33)34)40(37,38)19-11-7-17(30)8-12-19;;2-1(3)4/h7-19H,5-6,20-21H2,1-4H3;1-13,29-30H,14-15H2,(H,31,32)(H,33,34);1H4;. The summed E-state index contributed by atoms with van der Waals surface area (Å²) in [6, 6.07) is 32.0. The number of carbonyl (C=O) groups is 4. The van der Waals surface area contributed by atoms with E-state index >= 15 is 0 Å². The van der Waals surface area contributed by atoms with E-state index in [1.807, 2.05) is 0 Å². The molecule has 0 spiro atoms. The Morgan fingerprint density at radius 1 is 0.440 bits per heavy atom. The lowest BCUT2D eigenvalue weighted by atomic mass is 10.1. The summed E-state index contributed by atoms with van der Waals surface area (Å²) >= 11 is 9.31. The van der Waals surface area contributed by atoms with Gasteiger partial charge in [0.05, 0.1) is 70.8 Å². The van der Waals surface area contributed by atoms with E-state index in [1.54, 1.807) is 32.0 Å². The zero-order chi connectivity index (χ0) is 66.3. The molecule has 0 radical (unpaired) electrons. The number of methoxy groups -OCH3 is 2. The number of nitrogens with zero attached hydrogens (tertiary/aromatic N) is 6. The lowest BCUT2D eigenvalue weighted by molar-refractivity contribution is -0.142. The number of esters is 2. The van der Waals surface area contributed by atoms with Gasteiger partial charge in [0, 0.05) is 21.5 Å². The summed E-state index contributed by atoms with van der Waals surface area (Å²) in [5.41, 5.74) is -0.242. The molecule has 8 rings (SSSR count).